The average molecular weight is 500 g/mol. The Bertz CT molecular complexity index is 1370. The van der Waals surface area contributed by atoms with E-state index in [1.165, 1.54) is 11.3 Å². The largest absolute Gasteiger partial charge is 0.284 e. The Morgan fingerprint density at radius 3 is 2.64 bits per heavy atom. The summed E-state index contributed by atoms with van der Waals surface area (Å²) >= 11 is 7.59. The second kappa shape index (κ2) is 9.99. The van der Waals surface area contributed by atoms with Crippen LogP contribution in [0.1, 0.15) is 24.0 Å². The first-order valence-corrected chi connectivity index (χ1v) is 13.2. The zero-order chi connectivity index (χ0) is 23.4. The number of fused-ring (bicyclic) bond motifs is 1. The molecule has 0 unspecified atom stereocenters. The van der Waals surface area contributed by atoms with E-state index >= 15 is 0 Å². The van der Waals surface area contributed by atoms with Crippen LogP contribution in [0.3, 0.4) is 0 Å². The molecule has 0 atom stereocenters. The van der Waals surface area contributed by atoms with E-state index in [2.05, 4.69) is 4.98 Å². The van der Waals surface area contributed by atoms with Gasteiger partial charge in [-0.2, -0.15) is 0 Å². The van der Waals surface area contributed by atoms with Gasteiger partial charge in [-0.25, -0.2) is 13.4 Å². The smallest absolute Gasteiger partial charge is 0.229 e. The number of aryl methyl sites for hydroxylation is 1. The van der Waals surface area contributed by atoms with Gasteiger partial charge in [0.2, 0.25) is 5.91 Å². The number of halogens is 1. The standard InChI is InChI=1S/C24H22ClN3O3S2/c1-17-13-19(25)14-21-23(17)27-24(32-21)28(16-18-7-5-11-26-15-18)22(29)10-6-12-33(30,31)20-8-3-2-4-9-20/h2-5,7-9,11,13-15H,6,10,12,16H2,1H3. The first-order valence-electron chi connectivity index (χ1n) is 10.4. The second-order valence-corrected chi connectivity index (χ2v) is 11.2. The second-order valence-electron chi connectivity index (χ2n) is 7.64. The van der Waals surface area contributed by atoms with Crippen molar-refractivity contribution in [2.45, 2.75) is 31.2 Å². The number of hydrogen-bond acceptors (Lipinski definition) is 6. The minimum absolute atomic E-state index is 0.0853. The number of aromatic nitrogens is 2. The zero-order valence-corrected chi connectivity index (χ0v) is 20.3. The molecular weight excluding hydrogens is 478 g/mol. The van der Waals surface area contributed by atoms with Crippen LogP contribution in [-0.4, -0.2) is 30.0 Å². The minimum Gasteiger partial charge on any atom is -0.284 e. The fraction of sp³-hybridized carbons (Fsp3) is 0.208. The number of pyridine rings is 1. The molecule has 170 valence electrons. The molecule has 2 aromatic heterocycles. The van der Waals surface area contributed by atoms with Crippen LogP contribution in [-0.2, 0) is 21.2 Å². The molecule has 0 radical (unpaired) electrons. The summed E-state index contributed by atoms with van der Waals surface area (Å²) in [5.41, 5.74) is 2.59. The molecule has 4 rings (SSSR count). The molecular formula is C24H22ClN3O3S2. The molecule has 0 aliphatic rings. The number of sulfone groups is 1. The number of rotatable bonds is 8. The summed E-state index contributed by atoms with van der Waals surface area (Å²) < 4.78 is 26.0. The summed E-state index contributed by atoms with van der Waals surface area (Å²) in [4.78, 5) is 24.0. The van der Waals surface area contributed by atoms with E-state index in [0.29, 0.717) is 16.7 Å². The predicted octanol–water partition coefficient (Wildman–Crippen LogP) is 5.44. The molecule has 0 fully saturated rings. The van der Waals surface area contributed by atoms with Gasteiger partial charge >= 0.3 is 0 Å². The summed E-state index contributed by atoms with van der Waals surface area (Å²) in [5, 5.41) is 1.17. The first kappa shape index (κ1) is 23.4. The summed E-state index contributed by atoms with van der Waals surface area (Å²) in [6.07, 6.45) is 3.68. The van der Waals surface area contributed by atoms with Crippen LogP contribution in [0.5, 0.6) is 0 Å². The van der Waals surface area contributed by atoms with Gasteiger partial charge in [0.15, 0.2) is 15.0 Å². The number of nitrogens with zero attached hydrogens (tertiary/aromatic N) is 3. The molecule has 0 spiro atoms. The van der Waals surface area contributed by atoms with Crippen molar-refractivity contribution in [2.24, 2.45) is 0 Å². The fourth-order valence-corrected chi connectivity index (χ4v) is 6.26. The van der Waals surface area contributed by atoms with Crippen molar-refractivity contribution in [2.75, 3.05) is 10.7 Å². The molecule has 0 saturated carbocycles. The summed E-state index contributed by atoms with van der Waals surface area (Å²) in [6.45, 7) is 2.23. The summed E-state index contributed by atoms with van der Waals surface area (Å²) in [6, 6.07) is 15.7. The van der Waals surface area contributed by atoms with Crippen LogP contribution in [0.4, 0.5) is 5.13 Å². The van der Waals surface area contributed by atoms with Crippen molar-refractivity contribution < 1.29 is 13.2 Å². The van der Waals surface area contributed by atoms with Gasteiger partial charge in [0, 0.05) is 23.8 Å². The van der Waals surface area contributed by atoms with E-state index in [-0.39, 0.29) is 29.4 Å². The number of carbonyl (C=O) groups is 1. The lowest BCUT2D eigenvalue weighted by atomic mass is 10.2. The van der Waals surface area contributed by atoms with Gasteiger partial charge < -0.3 is 0 Å². The van der Waals surface area contributed by atoms with E-state index < -0.39 is 9.84 Å². The van der Waals surface area contributed by atoms with Crippen LogP contribution in [0, 0.1) is 6.92 Å². The third-order valence-electron chi connectivity index (χ3n) is 5.14. The van der Waals surface area contributed by atoms with E-state index in [4.69, 9.17) is 16.6 Å². The third-order valence-corrected chi connectivity index (χ3v) is 8.20. The molecule has 33 heavy (non-hydrogen) atoms. The highest BCUT2D eigenvalue weighted by atomic mass is 35.5. The van der Waals surface area contributed by atoms with Gasteiger partial charge in [0.1, 0.15) is 0 Å². The number of thiazole rings is 1. The third kappa shape index (κ3) is 5.58. The topological polar surface area (TPSA) is 80.2 Å². The summed E-state index contributed by atoms with van der Waals surface area (Å²) in [7, 11) is -3.44. The number of carbonyl (C=O) groups excluding carboxylic acids is 1. The number of benzene rings is 2. The molecule has 4 aromatic rings. The van der Waals surface area contributed by atoms with Crippen molar-refractivity contribution in [1.82, 2.24) is 9.97 Å². The van der Waals surface area contributed by atoms with Gasteiger partial charge in [0.05, 0.1) is 27.4 Å². The molecule has 0 saturated heterocycles. The van der Waals surface area contributed by atoms with Gasteiger partial charge in [-0.3, -0.25) is 14.7 Å². The lowest BCUT2D eigenvalue weighted by Gasteiger charge is -2.20. The molecule has 2 aromatic carbocycles. The quantitative estimate of drug-likeness (QED) is 0.322. The van der Waals surface area contributed by atoms with Crippen LogP contribution in [0.2, 0.25) is 5.02 Å². The average Bonchev–Trinajstić information content (AvgIpc) is 3.22. The van der Waals surface area contributed by atoms with E-state index in [1.807, 2.05) is 31.2 Å². The minimum atomic E-state index is -3.44. The van der Waals surface area contributed by atoms with Crippen LogP contribution < -0.4 is 4.90 Å². The van der Waals surface area contributed by atoms with Gasteiger partial charge in [-0.1, -0.05) is 47.2 Å². The maximum atomic E-state index is 13.3. The SMILES string of the molecule is Cc1cc(Cl)cc2sc(N(Cc3cccnc3)C(=O)CCCS(=O)(=O)c3ccccc3)nc12. The van der Waals surface area contributed by atoms with Crippen LogP contribution in [0.15, 0.2) is 71.9 Å². The maximum Gasteiger partial charge on any atom is 0.229 e. The summed E-state index contributed by atoms with van der Waals surface area (Å²) in [5.74, 6) is -0.289. The Hall–Kier alpha value is -2.81. The van der Waals surface area contributed by atoms with Crippen molar-refractivity contribution >= 4 is 54.0 Å². The highest BCUT2D eigenvalue weighted by Gasteiger charge is 2.22. The Labute approximate surface area is 201 Å². The lowest BCUT2D eigenvalue weighted by Crippen LogP contribution is -2.30. The molecule has 0 N–H and O–H groups in total. The van der Waals surface area contributed by atoms with Gasteiger partial charge in [-0.15, -0.1) is 0 Å². The van der Waals surface area contributed by atoms with Gasteiger partial charge in [0.25, 0.3) is 0 Å². The van der Waals surface area contributed by atoms with E-state index in [9.17, 15) is 13.2 Å². The Morgan fingerprint density at radius 2 is 1.91 bits per heavy atom. The molecule has 6 nitrogen and oxygen atoms in total. The first-order chi connectivity index (χ1) is 15.8. The lowest BCUT2D eigenvalue weighted by molar-refractivity contribution is -0.118. The molecule has 0 aliphatic heterocycles. The zero-order valence-electron chi connectivity index (χ0n) is 17.9. The van der Waals surface area contributed by atoms with Crippen molar-refractivity contribution in [3.05, 3.63) is 83.1 Å². The van der Waals surface area contributed by atoms with Crippen LogP contribution in [0.25, 0.3) is 10.2 Å². The predicted molar refractivity (Wildman–Crippen MR) is 133 cm³/mol. The number of amides is 1. The molecule has 0 aliphatic carbocycles. The highest BCUT2D eigenvalue weighted by Crippen LogP contribution is 2.34. The van der Waals surface area contributed by atoms with Crippen molar-refractivity contribution in [1.29, 1.82) is 0 Å². The van der Waals surface area contributed by atoms with Crippen LogP contribution >= 0.6 is 22.9 Å². The Kier molecular flexibility index (Phi) is 7.07. The Balaban J connectivity index is 1.56. The monoisotopic (exact) mass is 499 g/mol. The molecule has 2 heterocycles. The fourth-order valence-electron chi connectivity index (χ4n) is 3.49. The highest BCUT2D eigenvalue weighted by molar-refractivity contribution is 7.91. The van der Waals surface area contributed by atoms with Gasteiger partial charge in [-0.05, 0) is 54.8 Å². The van der Waals surface area contributed by atoms with Crippen molar-refractivity contribution in [3.8, 4) is 0 Å². The molecule has 0 bridgehead atoms. The van der Waals surface area contributed by atoms with E-state index in [0.717, 1.165) is 21.3 Å². The Morgan fingerprint density at radius 1 is 1.12 bits per heavy atom. The molecule has 9 heteroatoms. The van der Waals surface area contributed by atoms with E-state index in [1.54, 1.807) is 47.6 Å². The number of anilines is 1. The number of hydrogen-bond donors (Lipinski definition) is 0. The normalized spacial score (nSPS) is 11.6. The molecule has 1 amide bonds. The maximum absolute atomic E-state index is 13.3. The van der Waals surface area contributed by atoms with Crippen molar-refractivity contribution in [3.63, 3.8) is 0 Å².